The second kappa shape index (κ2) is 9.80. The Bertz CT molecular complexity index is 1220. The highest BCUT2D eigenvalue weighted by Crippen LogP contribution is 2.29. The van der Waals surface area contributed by atoms with Crippen LogP contribution in [-0.4, -0.2) is 44.3 Å². The number of nitrogens with one attached hydrogen (secondary N) is 1. The van der Waals surface area contributed by atoms with Crippen LogP contribution in [0.3, 0.4) is 0 Å². The van der Waals surface area contributed by atoms with Crippen LogP contribution >= 0.6 is 11.3 Å². The van der Waals surface area contributed by atoms with Crippen molar-refractivity contribution in [3.63, 3.8) is 0 Å². The molecule has 0 aromatic carbocycles. The lowest BCUT2D eigenvalue weighted by Gasteiger charge is -2.09. The Morgan fingerprint density at radius 2 is 2.00 bits per heavy atom. The number of hydrogen-bond donors (Lipinski definition) is 1. The smallest absolute Gasteiger partial charge is 0.254 e. The summed E-state index contributed by atoms with van der Waals surface area (Å²) in [6, 6.07) is 7.86. The van der Waals surface area contributed by atoms with Crippen molar-refractivity contribution in [3.05, 3.63) is 75.6 Å². The second-order valence-electron chi connectivity index (χ2n) is 7.28. The zero-order valence-corrected chi connectivity index (χ0v) is 19.0. The van der Waals surface area contributed by atoms with Crippen LogP contribution < -0.4 is 5.32 Å². The Morgan fingerprint density at radius 1 is 1.19 bits per heavy atom. The van der Waals surface area contributed by atoms with Crippen molar-refractivity contribution in [2.24, 2.45) is 0 Å². The van der Waals surface area contributed by atoms with Crippen molar-refractivity contribution in [1.82, 2.24) is 30.0 Å². The molecule has 0 saturated carbocycles. The van der Waals surface area contributed by atoms with E-state index in [-0.39, 0.29) is 12.5 Å². The lowest BCUT2D eigenvalue weighted by Crippen LogP contribution is -2.26. The summed E-state index contributed by atoms with van der Waals surface area (Å²) in [7, 11) is 1.58. The summed E-state index contributed by atoms with van der Waals surface area (Å²) in [6.45, 7) is 4.86. The molecule has 0 fully saturated rings. The van der Waals surface area contributed by atoms with Gasteiger partial charge < -0.3 is 10.1 Å². The predicted molar refractivity (Wildman–Crippen MR) is 123 cm³/mol. The first kappa shape index (κ1) is 21.8. The molecule has 4 aromatic heterocycles. The minimum absolute atomic E-state index is 0.206. The molecule has 0 spiro atoms. The highest BCUT2D eigenvalue weighted by atomic mass is 32.1. The van der Waals surface area contributed by atoms with Gasteiger partial charge in [0.1, 0.15) is 0 Å². The summed E-state index contributed by atoms with van der Waals surface area (Å²) in [4.78, 5) is 28.4. The van der Waals surface area contributed by atoms with Crippen molar-refractivity contribution in [2.45, 2.75) is 26.9 Å². The van der Waals surface area contributed by atoms with Crippen molar-refractivity contribution in [2.75, 3.05) is 13.7 Å². The standard InChI is InChI=1S/C23H24N6O2S/c1-15-12-18(16(2)32-15)20-7-11-26-23(28-20)29-21(14-31-3)19(13-27-29)22(30)25-10-6-17-4-8-24-9-5-17/h4-5,7-9,11-13H,6,10,14H2,1-3H3,(H,25,30). The van der Waals surface area contributed by atoms with Crippen molar-refractivity contribution >= 4 is 17.2 Å². The van der Waals surface area contributed by atoms with Crippen LogP contribution in [0.2, 0.25) is 0 Å². The largest absolute Gasteiger partial charge is 0.378 e. The van der Waals surface area contributed by atoms with Gasteiger partial charge in [-0.25, -0.2) is 9.97 Å². The molecular formula is C23H24N6O2S. The van der Waals surface area contributed by atoms with Crippen LogP contribution in [0.15, 0.2) is 49.1 Å². The number of ether oxygens (including phenoxy) is 1. The Hall–Kier alpha value is -3.43. The molecule has 4 aromatic rings. The first-order valence-electron chi connectivity index (χ1n) is 10.2. The topological polar surface area (TPSA) is 94.8 Å². The Kier molecular flexibility index (Phi) is 6.67. The molecule has 0 aliphatic carbocycles. The second-order valence-corrected chi connectivity index (χ2v) is 8.74. The molecule has 1 amide bonds. The number of pyridine rings is 1. The van der Waals surface area contributed by atoms with Gasteiger partial charge in [-0.05, 0) is 50.1 Å². The van der Waals surface area contributed by atoms with Gasteiger partial charge in [-0.2, -0.15) is 9.78 Å². The van der Waals surface area contributed by atoms with E-state index >= 15 is 0 Å². The Labute approximate surface area is 190 Å². The van der Waals surface area contributed by atoms with Gasteiger partial charge in [0.15, 0.2) is 0 Å². The van der Waals surface area contributed by atoms with Crippen molar-refractivity contribution in [1.29, 1.82) is 0 Å². The van der Waals surface area contributed by atoms with Crippen molar-refractivity contribution < 1.29 is 9.53 Å². The van der Waals surface area contributed by atoms with Crippen LogP contribution in [0.5, 0.6) is 0 Å². The van der Waals surface area contributed by atoms with E-state index in [1.807, 2.05) is 18.2 Å². The average molecular weight is 449 g/mol. The van der Waals surface area contributed by atoms with Gasteiger partial charge in [0.2, 0.25) is 0 Å². The van der Waals surface area contributed by atoms with E-state index in [2.05, 4.69) is 40.3 Å². The SMILES string of the molecule is COCc1c(C(=O)NCCc2ccncc2)cnn1-c1nccc(-c2cc(C)sc2C)n1. The molecule has 4 rings (SSSR count). The fourth-order valence-electron chi connectivity index (χ4n) is 3.46. The maximum atomic E-state index is 12.8. The first-order valence-corrected chi connectivity index (χ1v) is 11.0. The van der Waals surface area contributed by atoms with E-state index in [0.29, 0.717) is 30.2 Å². The minimum atomic E-state index is -0.210. The molecule has 0 saturated heterocycles. The summed E-state index contributed by atoms with van der Waals surface area (Å²) >= 11 is 1.73. The average Bonchev–Trinajstić information content (AvgIpc) is 3.37. The fourth-order valence-corrected chi connectivity index (χ4v) is 4.40. The van der Waals surface area contributed by atoms with Gasteiger partial charge >= 0.3 is 0 Å². The Balaban J connectivity index is 1.57. The molecule has 32 heavy (non-hydrogen) atoms. The molecule has 9 heteroatoms. The van der Waals surface area contributed by atoms with Crippen LogP contribution in [-0.2, 0) is 17.8 Å². The number of methoxy groups -OCH3 is 1. The van der Waals surface area contributed by atoms with E-state index in [4.69, 9.17) is 9.72 Å². The molecule has 1 N–H and O–H groups in total. The third kappa shape index (κ3) is 4.74. The molecule has 8 nitrogen and oxygen atoms in total. The fraction of sp³-hybridized carbons (Fsp3) is 0.261. The first-order chi connectivity index (χ1) is 15.6. The van der Waals surface area contributed by atoms with Crippen LogP contribution in [0.25, 0.3) is 17.2 Å². The summed E-state index contributed by atoms with van der Waals surface area (Å²) in [5.74, 6) is 0.187. The van der Waals surface area contributed by atoms with E-state index in [0.717, 1.165) is 16.8 Å². The number of thiophene rings is 1. The van der Waals surface area contributed by atoms with Gasteiger partial charge in [-0.1, -0.05) is 0 Å². The maximum absolute atomic E-state index is 12.8. The zero-order chi connectivity index (χ0) is 22.5. The summed E-state index contributed by atoms with van der Waals surface area (Å²) in [6.07, 6.45) is 7.44. The summed E-state index contributed by atoms with van der Waals surface area (Å²) < 4.78 is 6.92. The van der Waals surface area contributed by atoms with Gasteiger partial charge in [-0.3, -0.25) is 9.78 Å². The normalized spacial score (nSPS) is 11.0. The van der Waals surface area contributed by atoms with Gasteiger partial charge in [-0.15, -0.1) is 11.3 Å². The Morgan fingerprint density at radius 3 is 2.72 bits per heavy atom. The van der Waals surface area contributed by atoms with E-state index in [1.54, 1.807) is 41.7 Å². The number of amides is 1. The van der Waals surface area contributed by atoms with Gasteiger partial charge in [0.25, 0.3) is 11.9 Å². The number of carbonyl (C=O) groups is 1. The molecule has 0 unspecified atom stereocenters. The minimum Gasteiger partial charge on any atom is -0.378 e. The summed E-state index contributed by atoms with van der Waals surface area (Å²) in [5.41, 5.74) is 4.05. The highest BCUT2D eigenvalue weighted by molar-refractivity contribution is 7.12. The molecule has 164 valence electrons. The number of aromatic nitrogens is 5. The molecule has 0 aliphatic heterocycles. The van der Waals surface area contributed by atoms with Crippen molar-refractivity contribution in [3.8, 4) is 17.2 Å². The van der Waals surface area contributed by atoms with Crippen LogP contribution in [0, 0.1) is 13.8 Å². The summed E-state index contributed by atoms with van der Waals surface area (Å²) in [5, 5.41) is 7.35. The molecule has 0 aliphatic rings. The quantitative estimate of drug-likeness (QED) is 0.443. The number of hydrogen-bond acceptors (Lipinski definition) is 7. The van der Waals surface area contributed by atoms with E-state index in [1.165, 1.54) is 16.0 Å². The lowest BCUT2D eigenvalue weighted by molar-refractivity contribution is 0.0948. The molecule has 4 heterocycles. The maximum Gasteiger partial charge on any atom is 0.254 e. The molecule has 0 radical (unpaired) electrons. The predicted octanol–water partition coefficient (Wildman–Crippen LogP) is 3.52. The van der Waals surface area contributed by atoms with E-state index in [9.17, 15) is 4.79 Å². The number of aryl methyl sites for hydroxylation is 2. The zero-order valence-electron chi connectivity index (χ0n) is 18.2. The van der Waals surface area contributed by atoms with Crippen LogP contribution in [0.1, 0.15) is 31.4 Å². The number of nitrogens with zero attached hydrogens (tertiary/aromatic N) is 5. The third-order valence-corrected chi connectivity index (χ3v) is 5.96. The molecule has 0 bridgehead atoms. The molecular weight excluding hydrogens is 424 g/mol. The van der Waals surface area contributed by atoms with Gasteiger partial charge in [0, 0.05) is 47.6 Å². The highest BCUT2D eigenvalue weighted by Gasteiger charge is 2.20. The van der Waals surface area contributed by atoms with E-state index < -0.39 is 0 Å². The molecule has 0 atom stereocenters. The van der Waals surface area contributed by atoms with Gasteiger partial charge in [0.05, 0.1) is 29.8 Å². The third-order valence-electron chi connectivity index (χ3n) is 4.99. The van der Waals surface area contributed by atoms with Crippen LogP contribution in [0.4, 0.5) is 0 Å². The monoisotopic (exact) mass is 448 g/mol. The number of carbonyl (C=O) groups excluding carboxylic acids is 1. The number of rotatable bonds is 8. The lowest BCUT2D eigenvalue weighted by atomic mass is 10.2.